The van der Waals surface area contributed by atoms with E-state index in [4.69, 9.17) is 23.7 Å². The van der Waals surface area contributed by atoms with Gasteiger partial charge in [0.1, 0.15) is 5.75 Å². The van der Waals surface area contributed by atoms with E-state index in [-0.39, 0.29) is 30.6 Å². The SMILES string of the molecule is COc1cc([C@H]2c3cc4c(cc3O[C@H](NN=C(C)C)[C@@H]2C)OCO4)cc(OC)c1O. The van der Waals surface area contributed by atoms with Crippen LogP contribution in [0.3, 0.4) is 0 Å². The summed E-state index contributed by atoms with van der Waals surface area (Å²) in [5.74, 6) is 2.56. The highest BCUT2D eigenvalue weighted by Crippen LogP contribution is 2.50. The van der Waals surface area contributed by atoms with E-state index in [0.29, 0.717) is 28.7 Å². The molecule has 8 nitrogen and oxygen atoms in total. The fourth-order valence-corrected chi connectivity index (χ4v) is 3.90. The first-order valence-corrected chi connectivity index (χ1v) is 9.74. The van der Waals surface area contributed by atoms with E-state index in [9.17, 15) is 5.11 Å². The first kappa shape index (κ1) is 20.0. The Balaban J connectivity index is 1.86. The molecule has 4 rings (SSSR count). The predicted molar refractivity (Wildman–Crippen MR) is 111 cm³/mol. The maximum Gasteiger partial charge on any atom is 0.231 e. The Hall–Kier alpha value is -3.29. The van der Waals surface area contributed by atoms with Gasteiger partial charge < -0.3 is 28.8 Å². The van der Waals surface area contributed by atoms with Crippen LogP contribution < -0.4 is 29.1 Å². The molecule has 30 heavy (non-hydrogen) atoms. The summed E-state index contributed by atoms with van der Waals surface area (Å²) in [5.41, 5.74) is 5.90. The van der Waals surface area contributed by atoms with Crippen LogP contribution in [0.1, 0.15) is 37.8 Å². The number of nitrogens with zero attached hydrogens (tertiary/aromatic N) is 1. The van der Waals surface area contributed by atoms with Gasteiger partial charge in [-0.1, -0.05) is 6.92 Å². The summed E-state index contributed by atoms with van der Waals surface area (Å²) < 4.78 is 28.1. The smallest absolute Gasteiger partial charge is 0.231 e. The molecule has 0 bridgehead atoms. The van der Waals surface area contributed by atoms with Crippen LogP contribution in [-0.4, -0.2) is 38.1 Å². The van der Waals surface area contributed by atoms with Crippen molar-refractivity contribution in [2.45, 2.75) is 32.9 Å². The molecule has 0 amide bonds. The number of rotatable bonds is 5. The van der Waals surface area contributed by atoms with Crippen molar-refractivity contribution in [3.63, 3.8) is 0 Å². The van der Waals surface area contributed by atoms with Crippen molar-refractivity contribution in [1.29, 1.82) is 0 Å². The molecule has 160 valence electrons. The molecule has 2 aliphatic rings. The van der Waals surface area contributed by atoms with Gasteiger partial charge in [0.25, 0.3) is 0 Å². The van der Waals surface area contributed by atoms with Crippen molar-refractivity contribution >= 4 is 5.71 Å². The quantitative estimate of drug-likeness (QED) is 0.570. The zero-order valence-electron chi connectivity index (χ0n) is 17.7. The van der Waals surface area contributed by atoms with Gasteiger partial charge in [0.05, 0.1) is 14.2 Å². The van der Waals surface area contributed by atoms with Gasteiger partial charge in [0.15, 0.2) is 29.2 Å². The number of phenolic OH excluding ortho intramolecular Hbond substituents is 1. The second kappa shape index (κ2) is 7.85. The third-order valence-corrected chi connectivity index (χ3v) is 5.37. The molecule has 0 saturated heterocycles. The van der Waals surface area contributed by atoms with Crippen molar-refractivity contribution in [2.75, 3.05) is 21.0 Å². The molecule has 0 spiro atoms. The number of nitrogens with one attached hydrogen (secondary N) is 1. The van der Waals surface area contributed by atoms with Gasteiger partial charge in [-0.3, -0.25) is 5.43 Å². The molecular weight excluding hydrogens is 388 g/mol. The first-order valence-electron chi connectivity index (χ1n) is 9.74. The number of hydrogen-bond donors (Lipinski definition) is 2. The summed E-state index contributed by atoms with van der Waals surface area (Å²) in [5, 5.41) is 14.7. The molecule has 8 heteroatoms. The number of benzene rings is 2. The molecule has 0 saturated carbocycles. The lowest BCUT2D eigenvalue weighted by Crippen LogP contribution is -2.43. The lowest BCUT2D eigenvalue weighted by atomic mass is 9.78. The monoisotopic (exact) mass is 414 g/mol. The maximum absolute atomic E-state index is 10.4. The van der Waals surface area contributed by atoms with Crippen LogP contribution in [0.25, 0.3) is 0 Å². The van der Waals surface area contributed by atoms with Gasteiger partial charge in [0.2, 0.25) is 12.5 Å². The third-order valence-electron chi connectivity index (χ3n) is 5.37. The van der Waals surface area contributed by atoms with Crippen molar-refractivity contribution < 1.29 is 28.8 Å². The lowest BCUT2D eigenvalue weighted by molar-refractivity contribution is 0.0803. The molecule has 2 aromatic rings. The van der Waals surface area contributed by atoms with E-state index in [1.807, 2.05) is 38.1 Å². The van der Waals surface area contributed by atoms with Gasteiger partial charge >= 0.3 is 0 Å². The first-order chi connectivity index (χ1) is 14.4. The van der Waals surface area contributed by atoms with Crippen LogP contribution in [0.5, 0.6) is 34.5 Å². The molecule has 0 aliphatic carbocycles. The highest BCUT2D eigenvalue weighted by atomic mass is 16.7. The zero-order valence-corrected chi connectivity index (χ0v) is 17.7. The summed E-state index contributed by atoms with van der Waals surface area (Å²) in [6.07, 6.45) is -0.372. The number of phenols is 1. The van der Waals surface area contributed by atoms with Crippen LogP contribution in [-0.2, 0) is 0 Å². The fourth-order valence-electron chi connectivity index (χ4n) is 3.90. The van der Waals surface area contributed by atoms with Crippen molar-refractivity contribution in [3.8, 4) is 34.5 Å². The summed E-state index contributed by atoms with van der Waals surface area (Å²) in [4.78, 5) is 0. The number of hydrazone groups is 1. The van der Waals surface area contributed by atoms with E-state index >= 15 is 0 Å². The summed E-state index contributed by atoms with van der Waals surface area (Å²) in [6, 6.07) is 7.45. The molecule has 0 unspecified atom stereocenters. The second-order valence-corrected chi connectivity index (χ2v) is 7.58. The van der Waals surface area contributed by atoms with Crippen LogP contribution in [0, 0.1) is 5.92 Å². The highest BCUT2D eigenvalue weighted by molar-refractivity contribution is 5.78. The standard InChI is InChI=1S/C22H26N2O6/c1-11(2)23-24-22-12(3)20(13-6-18(26-4)21(25)19(7-13)27-5)14-8-16-17(29-10-28-16)9-15(14)30-22/h6-9,12,20,22,24-25H,10H2,1-5H3/t12-,20+,22+/m1/s1. The van der Waals surface area contributed by atoms with E-state index in [0.717, 1.165) is 16.8 Å². The predicted octanol–water partition coefficient (Wildman–Crippen LogP) is 3.61. The van der Waals surface area contributed by atoms with Crippen molar-refractivity contribution in [1.82, 2.24) is 5.43 Å². The lowest BCUT2D eigenvalue weighted by Gasteiger charge is -2.38. The highest BCUT2D eigenvalue weighted by Gasteiger charge is 2.39. The number of methoxy groups -OCH3 is 2. The summed E-state index contributed by atoms with van der Waals surface area (Å²) in [6.45, 7) is 6.10. The Labute approximate surface area is 175 Å². The Bertz CT molecular complexity index is 961. The number of aromatic hydroxyl groups is 1. The molecular formula is C22H26N2O6. The van der Waals surface area contributed by atoms with Crippen LogP contribution >= 0.6 is 0 Å². The Kier molecular flexibility index (Phi) is 5.24. The van der Waals surface area contributed by atoms with Gasteiger partial charge in [-0.15, -0.1) is 0 Å². The Morgan fingerprint density at radius 3 is 2.27 bits per heavy atom. The van der Waals surface area contributed by atoms with Crippen LogP contribution in [0.4, 0.5) is 0 Å². The largest absolute Gasteiger partial charge is 0.502 e. The van der Waals surface area contributed by atoms with E-state index in [2.05, 4.69) is 17.5 Å². The number of hydrogen-bond acceptors (Lipinski definition) is 8. The zero-order chi connectivity index (χ0) is 21.4. The third kappa shape index (κ3) is 3.42. The summed E-state index contributed by atoms with van der Waals surface area (Å²) >= 11 is 0. The molecule has 2 aliphatic heterocycles. The van der Waals surface area contributed by atoms with E-state index in [1.54, 1.807) is 0 Å². The second-order valence-electron chi connectivity index (χ2n) is 7.58. The van der Waals surface area contributed by atoms with Gasteiger partial charge in [-0.25, -0.2) is 0 Å². The number of fused-ring (bicyclic) bond motifs is 2. The van der Waals surface area contributed by atoms with Crippen molar-refractivity contribution in [2.24, 2.45) is 11.0 Å². The van der Waals surface area contributed by atoms with Crippen LogP contribution in [0.2, 0.25) is 0 Å². The van der Waals surface area contributed by atoms with Crippen LogP contribution in [0.15, 0.2) is 29.4 Å². The van der Waals surface area contributed by atoms with Gasteiger partial charge in [-0.05, 0) is 37.6 Å². The summed E-state index contributed by atoms with van der Waals surface area (Å²) in [7, 11) is 3.03. The topological polar surface area (TPSA) is 90.8 Å². The van der Waals surface area contributed by atoms with E-state index in [1.165, 1.54) is 14.2 Å². The minimum atomic E-state index is -0.372. The number of ether oxygens (including phenoxy) is 5. The fraction of sp³-hybridized carbons (Fsp3) is 0.409. The van der Waals surface area contributed by atoms with E-state index < -0.39 is 0 Å². The Morgan fingerprint density at radius 1 is 1.03 bits per heavy atom. The normalized spacial score (nSPS) is 21.3. The molecule has 2 heterocycles. The molecule has 3 atom stereocenters. The van der Waals surface area contributed by atoms with Gasteiger partial charge in [-0.2, -0.15) is 5.10 Å². The molecule has 0 radical (unpaired) electrons. The Morgan fingerprint density at radius 2 is 1.67 bits per heavy atom. The maximum atomic E-state index is 10.4. The molecule has 0 aromatic heterocycles. The average Bonchev–Trinajstić information content (AvgIpc) is 3.18. The molecule has 0 fully saturated rings. The molecule has 2 aromatic carbocycles. The minimum Gasteiger partial charge on any atom is -0.502 e. The van der Waals surface area contributed by atoms with Crippen molar-refractivity contribution in [3.05, 3.63) is 35.4 Å². The molecule has 2 N–H and O–H groups in total. The van der Waals surface area contributed by atoms with Gasteiger partial charge in [0, 0.05) is 29.2 Å². The average molecular weight is 414 g/mol. The minimum absolute atomic E-state index is 0.0140.